The minimum absolute atomic E-state index is 0.0205. The van der Waals surface area contributed by atoms with Crippen LogP contribution < -0.4 is 21.5 Å². The van der Waals surface area contributed by atoms with Crippen LogP contribution in [0.2, 0.25) is 0 Å². The predicted molar refractivity (Wildman–Crippen MR) is 127 cm³/mol. The Bertz CT molecular complexity index is 1410. The number of thiophene rings is 1. The molecule has 2 atom stereocenters. The molecule has 0 radical (unpaired) electrons. The quantitative estimate of drug-likeness (QED) is 0.370. The van der Waals surface area contributed by atoms with E-state index in [4.69, 9.17) is 4.74 Å². The summed E-state index contributed by atoms with van der Waals surface area (Å²) in [7, 11) is 3.22. The van der Waals surface area contributed by atoms with Gasteiger partial charge in [-0.3, -0.25) is 14.2 Å². The maximum absolute atomic E-state index is 14.8. The summed E-state index contributed by atoms with van der Waals surface area (Å²) in [5, 5.41) is 15.2. The predicted octanol–water partition coefficient (Wildman–Crippen LogP) is 2.77. The Morgan fingerprint density at radius 2 is 2.15 bits per heavy atom. The number of aromatic nitrogens is 4. The molecule has 0 saturated heterocycles. The van der Waals surface area contributed by atoms with Crippen molar-refractivity contribution in [1.82, 2.24) is 24.5 Å². The number of nitrogens with zero attached hydrogens (tertiary/aromatic N) is 4. The molecule has 1 aliphatic carbocycles. The Balaban J connectivity index is 1.52. The minimum Gasteiger partial charge on any atom is -0.379 e. The third-order valence-electron chi connectivity index (χ3n) is 5.81. The summed E-state index contributed by atoms with van der Waals surface area (Å²) in [6.45, 7) is 0. The van der Waals surface area contributed by atoms with E-state index < -0.39 is 11.9 Å². The first-order valence-corrected chi connectivity index (χ1v) is 11.5. The third-order valence-corrected chi connectivity index (χ3v) is 6.68. The Labute approximate surface area is 197 Å². The maximum atomic E-state index is 14.8. The monoisotopic (exact) mass is 483 g/mol. The van der Waals surface area contributed by atoms with Crippen LogP contribution in [0.15, 0.2) is 46.7 Å². The number of hydrogen-bond acceptors (Lipinski definition) is 8. The largest absolute Gasteiger partial charge is 0.379 e. The summed E-state index contributed by atoms with van der Waals surface area (Å²) in [5.74, 6) is -0.916. The molecule has 4 aromatic heterocycles. The summed E-state index contributed by atoms with van der Waals surface area (Å²) >= 11 is 1.44. The molecule has 176 valence electrons. The number of pyridine rings is 1. The van der Waals surface area contributed by atoms with Crippen molar-refractivity contribution in [1.29, 1.82) is 0 Å². The van der Waals surface area contributed by atoms with E-state index in [-0.39, 0.29) is 40.4 Å². The van der Waals surface area contributed by atoms with Crippen LogP contribution in [-0.2, 0) is 4.74 Å². The number of amides is 1. The van der Waals surface area contributed by atoms with Gasteiger partial charge in [-0.2, -0.15) is 8.91 Å². The van der Waals surface area contributed by atoms with Gasteiger partial charge in [0.25, 0.3) is 11.5 Å². The lowest BCUT2D eigenvalue weighted by Gasteiger charge is -2.35. The zero-order chi connectivity index (χ0) is 23.8. The zero-order valence-corrected chi connectivity index (χ0v) is 19.2. The van der Waals surface area contributed by atoms with Crippen LogP contribution in [0.5, 0.6) is 0 Å². The van der Waals surface area contributed by atoms with Gasteiger partial charge in [-0.25, -0.2) is 4.98 Å². The van der Waals surface area contributed by atoms with Crippen molar-refractivity contribution in [2.24, 2.45) is 0 Å². The smallest absolute Gasteiger partial charge is 0.279 e. The van der Waals surface area contributed by atoms with E-state index >= 15 is 0 Å². The van der Waals surface area contributed by atoms with Crippen LogP contribution in [0.1, 0.15) is 23.2 Å². The van der Waals surface area contributed by atoms with Gasteiger partial charge in [0, 0.05) is 26.4 Å². The molecular weight excluding hydrogens is 461 g/mol. The van der Waals surface area contributed by atoms with Crippen LogP contribution in [0, 0.1) is 5.95 Å². The standard InChI is InChI=1S/C22H22FN7O3S/c1-24-16-11-15(25-13-5-3-9-29(22(13)32)17-6-4-10-34-17)27-20-18(19(23)28-30(16)20)21(31)26-12-7-8-14(12)33-2/h3-6,9-12,14,24H,7-8H2,1-2H3,(H,25,27)(H,26,31)/t12-,14-/m1/s1. The summed E-state index contributed by atoms with van der Waals surface area (Å²) in [6.07, 6.45) is 3.15. The normalized spacial score (nSPS) is 17.4. The van der Waals surface area contributed by atoms with Gasteiger partial charge in [-0.15, -0.1) is 16.4 Å². The lowest BCUT2D eigenvalue weighted by Crippen LogP contribution is -2.51. The number of halogens is 1. The molecule has 10 nitrogen and oxygen atoms in total. The Kier molecular flexibility index (Phi) is 5.75. The van der Waals surface area contributed by atoms with Crippen molar-refractivity contribution in [3.05, 3.63) is 63.8 Å². The fourth-order valence-electron chi connectivity index (χ4n) is 3.89. The first-order chi connectivity index (χ1) is 16.5. The SMILES string of the molecule is CNc1cc(Nc2cccn(-c3cccs3)c2=O)nc2c(C(=O)N[C@@H]3CC[C@H]3OC)c(F)nn12. The van der Waals surface area contributed by atoms with Crippen molar-refractivity contribution in [3.63, 3.8) is 0 Å². The molecule has 0 aromatic carbocycles. The van der Waals surface area contributed by atoms with Crippen LogP contribution >= 0.6 is 11.3 Å². The highest BCUT2D eigenvalue weighted by Crippen LogP contribution is 2.26. The number of nitrogens with one attached hydrogen (secondary N) is 3. The van der Waals surface area contributed by atoms with E-state index in [9.17, 15) is 14.0 Å². The van der Waals surface area contributed by atoms with Crippen LogP contribution in [0.4, 0.5) is 21.7 Å². The maximum Gasteiger partial charge on any atom is 0.279 e. The van der Waals surface area contributed by atoms with E-state index in [1.807, 2.05) is 17.5 Å². The highest BCUT2D eigenvalue weighted by molar-refractivity contribution is 7.12. The highest BCUT2D eigenvalue weighted by Gasteiger charge is 2.34. The Morgan fingerprint density at radius 3 is 2.82 bits per heavy atom. The Morgan fingerprint density at radius 1 is 1.29 bits per heavy atom. The molecule has 1 saturated carbocycles. The molecule has 0 spiro atoms. The van der Waals surface area contributed by atoms with E-state index in [0.717, 1.165) is 17.8 Å². The molecule has 1 fully saturated rings. The van der Waals surface area contributed by atoms with Crippen molar-refractivity contribution in [2.45, 2.75) is 25.0 Å². The number of hydrogen-bond donors (Lipinski definition) is 3. The fraction of sp³-hybridized carbons (Fsp3) is 0.273. The summed E-state index contributed by atoms with van der Waals surface area (Å²) in [4.78, 5) is 30.3. The van der Waals surface area contributed by atoms with E-state index in [2.05, 4.69) is 26.0 Å². The molecule has 0 unspecified atom stereocenters. The molecule has 1 amide bonds. The lowest BCUT2D eigenvalue weighted by atomic mass is 9.89. The molecule has 12 heteroatoms. The topological polar surface area (TPSA) is 115 Å². The number of fused-ring (bicyclic) bond motifs is 1. The van der Waals surface area contributed by atoms with Crippen LogP contribution in [0.3, 0.4) is 0 Å². The van der Waals surface area contributed by atoms with E-state index in [1.54, 1.807) is 38.6 Å². The highest BCUT2D eigenvalue weighted by atomic mass is 32.1. The van der Waals surface area contributed by atoms with Gasteiger partial charge in [0.2, 0.25) is 5.95 Å². The molecule has 0 aliphatic heterocycles. The van der Waals surface area contributed by atoms with Gasteiger partial charge in [0.15, 0.2) is 5.65 Å². The number of carbonyl (C=O) groups is 1. The average Bonchev–Trinajstić information content (AvgIpc) is 3.45. The Hall–Kier alpha value is -3.77. The van der Waals surface area contributed by atoms with Gasteiger partial charge in [-0.1, -0.05) is 0 Å². The number of methoxy groups -OCH3 is 1. The number of anilines is 3. The average molecular weight is 484 g/mol. The van der Waals surface area contributed by atoms with Crippen molar-refractivity contribution in [2.75, 3.05) is 24.8 Å². The van der Waals surface area contributed by atoms with Gasteiger partial charge >= 0.3 is 0 Å². The number of ether oxygens (including phenoxy) is 1. The zero-order valence-electron chi connectivity index (χ0n) is 18.4. The second kappa shape index (κ2) is 8.88. The van der Waals surface area contributed by atoms with E-state index in [0.29, 0.717) is 5.82 Å². The van der Waals surface area contributed by atoms with Gasteiger partial charge in [-0.05, 0) is 42.5 Å². The molecule has 4 heterocycles. The summed E-state index contributed by atoms with van der Waals surface area (Å²) in [5.41, 5.74) is -0.248. The summed E-state index contributed by atoms with van der Waals surface area (Å²) in [6, 6.07) is 8.45. The second-order valence-corrected chi connectivity index (χ2v) is 8.71. The van der Waals surface area contributed by atoms with Gasteiger partial charge in [0.1, 0.15) is 27.9 Å². The van der Waals surface area contributed by atoms with Crippen molar-refractivity contribution in [3.8, 4) is 5.00 Å². The van der Waals surface area contributed by atoms with Gasteiger partial charge in [0.05, 0.1) is 12.1 Å². The lowest BCUT2D eigenvalue weighted by molar-refractivity contribution is 0.00725. The first kappa shape index (κ1) is 22.0. The molecule has 5 rings (SSSR count). The molecule has 3 N–H and O–H groups in total. The van der Waals surface area contributed by atoms with Crippen LogP contribution in [0.25, 0.3) is 10.6 Å². The molecular formula is C22H22FN7O3S. The number of rotatable bonds is 7. The number of carbonyl (C=O) groups excluding carboxylic acids is 1. The van der Waals surface area contributed by atoms with E-state index in [1.165, 1.54) is 20.4 Å². The fourth-order valence-corrected chi connectivity index (χ4v) is 4.60. The molecule has 4 aromatic rings. The second-order valence-electron chi connectivity index (χ2n) is 7.78. The molecule has 1 aliphatic rings. The van der Waals surface area contributed by atoms with Crippen molar-refractivity contribution < 1.29 is 13.9 Å². The van der Waals surface area contributed by atoms with Gasteiger partial charge < -0.3 is 20.7 Å². The summed E-state index contributed by atoms with van der Waals surface area (Å²) < 4.78 is 22.8. The first-order valence-electron chi connectivity index (χ1n) is 10.6. The molecule has 0 bridgehead atoms. The van der Waals surface area contributed by atoms with Crippen molar-refractivity contribution >= 4 is 40.2 Å². The molecule has 34 heavy (non-hydrogen) atoms. The minimum atomic E-state index is -0.938. The van der Waals surface area contributed by atoms with Crippen LogP contribution in [-0.4, -0.2) is 51.4 Å². The third kappa shape index (κ3) is 3.80.